The van der Waals surface area contributed by atoms with Gasteiger partial charge in [0.15, 0.2) is 0 Å². The van der Waals surface area contributed by atoms with E-state index in [1.54, 1.807) is 0 Å². The summed E-state index contributed by atoms with van der Waals surface area (Å²) in [5, 5.41) is 29.2. The van der Waals surface area contributed by atoms with E-state index in [2.05, 4.69) is 98.8 Å². The number of nitrogens with zero attached hydrogens (tertiary/aromatic N) is 7. The lowest BCUT2D eigenvalue weighted by molar-refractivity contribution is 0.678. The Balaban J connectivity index is 1.24. The van der Waals surface area contributed by atoms with E-state index in [0.717, 1.165) is 70.8 Å². The zero-order valence-corrected chi connectivity index (χ0v) is 28.1. The standard InChI is InChI=1S/C40H47N7/c1-4-7-12-31-15-17-32(18-16-31)41-42-33-19-21-34(22-20-33)43-45-39-27-28-40(38-14-11-10-13-37(38)39)46-44-35-23-25-36(26-24-35)47(29-8-5-2)30-9-6-3/h10-11,13-15,17,19-28H,4-9,12,16,18,29-30H2,1-3H3. The number of rotatable bonds is 16. The average molecular weight is 626 g/mol. The largest absolute Gasteiger partial charge is 0.372 e. The Morgan fingerprint density at radius 3 is 1.51 bits per heavy atom. The minimum Gasteiger partial charge on any atom is -0.372 e. The van der Waals surface area contributed by atoms with Gasteiger partial charge in [0, 0.05) is 29.5 Å². The minimum absolute atomic E-state index is 0.753. The quantitative estimate of drug-likeness (QED) is 0.114. The second kappa shape index (κ2) is 17.8. The van der Waals surface area contributed by atoms with Crippen LogP contribution in [0.1, 0.15) is 78.6 Å². The molecule has 0 heterocycles. The Morgan fingerprint density at radius 2 is 1.02 bits per heavy atom. The van der Waals surface area contributed by atoms with Crippen LogP contribution in [-0.2, 0) is 0 Å². The van der Waals surface area contributed by atoms with Gasteiger partial charge in [-0.15, -0.1) is 10.2 Å². The van der Waals surface area contributed by atoms with E-state index in [-0.39, 0.29) is 0 Å². The zero-order valence-electron chi connectivity index (χ0n) is 28.1. The van der Waals surface area contributed by atoms with Crippen LogP contribution in [0.3, 0.4) is 0 Å². The third kappa shape index (κ3) is 9.85. The van der Waals surface area contributed by atoms with Gasteiger partial charge in [-0.2, -0.15) is 20.5 Å². The first-order chi connectivity index (χ1) is 23.2. The van der Waals surface area contributed by atoms with Crippen LogP contribution in [0.15, 0.2) is 139 Å². The van der Waals surface area contributed by atoms with Crippen molar-refractivity contribution in [3.8, 4) is 0 Å². The first kappa shape index (κ1) is 33.6. The van der Waals surface area contributed by atoms with Crippen LogP contribution in [0.4, 0.5) is 34.1 Å². The molecule has 1 aliphatic rings. The summed E-state index contributed by atoms with van der Waals surface area (Å²) in [6.45, 7) is 8.88. The van der Waals surface area contributed by atoms with Crippen molar-refractivity contribution in [2.75, 3.05) is 18.0 Å². The number of fused-ring (bicyclic) bond motifs is 1. The molecular weight excluding hydrogens is 578 g/mol. The molecule has 7 nitrogen and oxygen atoms in total. The van der Waals surface area contributed by atoms with E-state index in [4.69, 9.17) is 0 Å². The summed E-state index contributed by atoms with van der Waals surface area (Å²) in [5.41, 5.74) is 7.74. The third-order valence-corrected chi connectivity index (χ3v) is 8.41. The second-order valence-corrected chi connectivity index (χ2v) is 12.1. The molecule has 0 N–H and O–H groups in total. The lowest BCUT2D eigenvalue weighted by atomic mass is 9.98. The van der Waals surface area contributed by atoms with Crippen molar-refractivity contribution in [2.24, 2.45) is 30.7 Å². The lowest BCUT2D eigenvalue weighted by Gasteiger charge is -2.24. The highest BCUT2D eigenvalue weighted by molar-refractivity contribution is 5.99. The molecule has 0 unspecified atom stereocenters. The van der Waals surface area contributed by atoms with E-state index in [9.17, 15) is 0 Å². The molecule has 0 aliphatic heterocycles. The smallest absolute Gasteiger partial charge is 0.0936 e. The van der Waals surface area contributed by atoms with Crippen LogP contribution in [0, 0.1) is 0 Å². The molecule has 5 rings (SSSR count). The van der Waals surface area contributed by atoms with Crippen LogP contribution in [-0.4, -0.2) is 13.1 Å². The number of benzene rings is 4. The fraction of sp³-hybridized carbons (Fsp3) is 0.350. The molecule has 0 bridgehead atoms. The molecule has 7 heteroatoms. The van der Waals surface area contributed by atoms with Gasteiger partial charge in [-0.05, 0) is 105 Å². The van der Waals surface area contributed by atoms with Crippen LogP contribution in [0.2, 0.25) is 0 Å². The van der Waals surface area contributed by atoms with Crippen LogP contribution in [0.5, 0.6) is 0 Å². The maximum absolute atomic E-state index is 4.63. The van der Waals surface area contributed by atoms with Gasteiger partial charge in [-0.1, -0.05) is 75.9 Å². The maximum atomic E-state index is 4.63. The van der Waals surface area contributed by atoms with Crippen molar-refractivity contribution < 1.29 is 0 Å². The van der Waals surface area contributed by atoms with Crippen molar-refractivity contribution >= 4 is 44.9 Å². The molecule has 1 aliphatic carbocycles. The van der Waals surface area contributed by atoms with Crippen molar-refractivity contribution in [3.63, 3.8) is 0 Å². The number of hydrogen-bond donors (Lipinski definition) is 0. The molecule has 0 atom stereocenters. The molecular formula is C40H47N7. The van der Waals surface area contributed by atoms with Gasteiger partial charge in [0.25, 0.3) is 0 Å². The maximum Gasteiger partial charge on any atom is 0.0936 e. The Bertz CT molecular complexity index is 1720. The van der Waals surface area contributed by atoms with Gasteiger partial charge < -0.3 is 4.90 Å². The fourth-order valence-electron chi connectivity index (χ4n) is 5.54. The van der Waals surface area contributed by atoms with Gasteiger partial charge in [-0.3, -0.25) is 0 Å². The molecule has 242 valence electrons. The summed E-state index contributed by atoms with van der Waals surface area (Å²) in [7, 11) is 0. The second-order valence-electron chi connectivity index (χ2n) is 12.1. The summed E-state index contributed by atoms with van der Waals surface area (Å²) in [4.78, 5) is 2.48. The summed E-state index contributed by atoms with van der Waals surface area (Å²) >= 11 is 0. The predicted octanol–water partition coefficient (Wildman–Crippen LogP) is 14.0. The molecule has 4 aromatic rings. The van der Waals surface area contributed by atoms with Gasteiger partial charge in [0.05, 0.1) is 34.1 Å². The Hall–Kier alpha value is -4.78. The third-order valence-electron chi connectivity index (χ3n) is 8.41. The van der Waals surface area contributed by atoms with E-state index in [0.29, 0.717) is 0 Å². The zero-order chi connectivity index (χ0) is 32.7. The fourth-order valence-corrected chi connectivity index (χ4v) is 5.54. The number of azo groups is 3. The summed E-state index contributed by atoms with van der Waals surface area (Å²) in [6, 6.07) is 28.1. The van der Waals surface area contributed by atoms with Crippen LogP contribution >= 0.6 is 0 Å². The highest BCUT2D eigenvalue weighted by atomic mass is 15.1. The molecule has 0 fully saturated rings. The number of hydrogen-bond acceptors (Lipinski definition) is 7. The number of anilines is 1. The van der Waals surface area contributed by atoms with Gasteiger partial charge >= 0.3 is 0 Å². The summed E-state index contributed by atoms with van der Waals surface area (Å²) < 4.78 is 0. The monoisotopic (exact) mass is 625 g/mol. The Kier molecular flexibility index (Phi) is 12.7. The van der Waals surface area contributed by atoms with Crippen molar-refractivity contribution in [1.82, 2.24) is 0 Å². The molecule has 0 saturated carbocycles. The van der Waals surface area contributed by atoms with Crippen molar-refractivity contribution in [1.29, 1.82) is 0 Å². The highest BCUT2D eigenvalue weighted by Gasteiger charge is 2.08. The van der Waals surface area contributed by atoms with Crippen molar-refractivity contribution in [3.05, 3.63) is 108 Å². The van der Waals surface area contributed by atoms with E-state index in [1.807, 2.05) is 54.6 Å². The number of unbranched alkanes of at least 4 members (excludes halogenated alkanes) is 3. The van der Waals surface area contributed by atoms with E-state index < -0.39 is 0 Å². The molecule has 0 aromatic heterocycles. The SMILES string of the molecule is CCCCC1=CC=C(N=Nc2ccc(N=Nc3ccc(N=Nc4ccc(N(CCCC)CCCC)cc4)c4ccccc34)cc2)CC1. The van der Waals surface area contributed by atoms with E-state index in [1.165, 1.54) is 56.2 Å². The molecule has 0 radical (unpaired) electrons. The summed E-state index contributed by atoms with van der Waals surface area (Å²) in [5.74, 6) is 0. The predicted molar refractivity (Wildman–Crippen MR) is 197 cm³/mol. The highest BCUT2D eigenvalue weighted by Crippen LogP contribution is 2.35. The van der Waals surface area contributed by atoms with E-state index >= 15 is 0 Å². The first-order valence-corrected chi connectivity index (χ1v) is 17.3. The van der Waals surface area contributed by atoms with Gasteiger partial charge in [0.1, 0.15) is 0 Å². The van der Waals surface area contributed by atoms with Crippen LogP contribution < -0.4 is 4.90 Å². The molecule has 0 spiro atoms. The lowest BCUT2D eigenvalue weighted by Crippen LogP contribution is -2.25. The Morgan fingerprint density at radius 1 is 0.511 bits per heavy atom. The minimum atomic E-state index is 0.753. The molecule has 0 amide bonds. The normalized spacial score (nSPS) is 13.6. The van der Waals surface area contributed by atoms with Crippen molar-refractivity contribution in [2.45, 2.75) is 78.6 Å². The summed E-state index contributed by atoms with van der Waals surface area (Å²) in [6.07, 6.45) is 14.8. The Labute approximate surface area is 280 Å². The number of allylic oxidation sites excluding steroid dienone is 4. The van der Waals surface area contributed by atoms with Gasteiger partial charge in [0.2, 0.25) is 0 Å². The van der Waals surface area contributed by atoms with Gasteiger partial charge in [-0.25, -0.2) is 0 Å². The van der Waals surface area contributed by atoms with Crippen LogP contribution in [0.25, 0.3) is 10.8 Å². The molecule has 4 aromatic carbocycles. The first-order valence-electron chi connectivity index (χ1n) is 17.3. The topological polar surface area (TPSA) is 77.4 Å². The molecule has 0 saturated heterocycles. The molecule has 47 heavy (non-hydrogen) atoms. The average Bonchev–Trinajstić information content (AvgIpc) is 3.13.